The van der Waals surface area contributed by atoms with Crippen molar-refractivity contribution in [1.29, 1.82) is 0 Å². The third-order valence-corrected chi connectivity index (χ3v) is 2.72. The topological polar surface area (TPSA) is 0 Å². The van der Waals surface area contributed by atoms with Gasteiger partial charge in [-0.15, -0.1) is 0 Å². The Labute approximate surface area is 77.9 Å². The molecule has 0 saturated carbocycles. The second kappa shape index (κ2) is 2.63. The van der Waals surface area contributed by atoms with Crippen molar-refractivity contribution in [2.75, 3.05) is 0 Å². The monoisotopic (exact) mass is 178 g/mol. The van der Waals surface area contributed by atoms with E-state index in [0.29, 0.717) is 0 Å². The van der Waals surface area contributed by atoms with Crippen LogP contribution in [0.25, 0.3) is 5.03 Å². The number of halogens is 1. The fraction of sp³-hybridized carbons (Fsp3) is 0.273. The number of fused-ring (bicyclic) bond motifs is 1. The van der Waals surface area contributed by atoms with E-state index in [1.165, 1.54) is 22.3 Å². The Kier molecular flexibility index (Phi) is 1.73. The van der Waals surface area contributed by atoms with E-state index < -0.39 is 0 Å². The minimum absolute atomic E-state index is 0.914. The van der Waals surface area contributed by atoms with E-state index in [4.69, 9.17) is 11.6 Å². The van der Waals surface area contributed by atoms with Crippen molar-refractivity contribution in [2.24, 2.45) is 0 Å². The molecule has 0 bridgehead atoms. The summed E-state index contributed by atoms with van der Waals surface area (Å²) in [5.41, 5.74) is 5.27. The molecule has 12 heavy (non-hydrogen) atoms. The predicted octanol–water partition coefficient (Wildman–Crippen LogP) is 3.44. The van der Waals surface area contributed by atoms with Crippen molar-refractivity contribution in [1.82, 2.24) is 0 Å². The highest BCUT2D eigenvalue weighted by Crippen LogP contribution is 2.32. The van der Waals surface area contributed by atoms with E-state index in [1.54, 1.807) is 0 Å². The van der Waals surface area contributed by atoms with Crippen LogP contribution in [0, 0.1) is 13.8 Å². The van der Waals surface area contributed by atoms with Crippen molar-refractivity contribution >= 4 is 16.6 Å². The highest BCUT2D eigenvalue weighted by Gasteiger charge is 2.14. The number of hydrogen-bond acceptors (Lipinski definition) is 0. The molecule has 0 saturated heterocycles. The summed E-state index contributed by atoms with van der Waals surface area (Å²) in [6.07, 6.45) is 3.08. The van der Waals surface area contributed by atoms with Crippen LogP contribution in [0.15, 0.2) is 18.2 Å². The summed E-state index contributed by atoms with van der Waals surface area (Å²) < 4.78 is 0. The van der Waals surface area contributed by atoms with Crippen LogP contribution in [0.5, 0.6) is 0 Å². The van der Waals surface area contributed by atoms with Crippen LogP contribution in [0.1, 0.15) is 22.3 Å². The van der Waals surface area contributed by atoms with Crippen molar-refractivity contribution in [3.63, 3.8) is 0 Å². The van der Waals surface area contributed by atoms with Gasteiger partial charge in [0.25, 0.3) is 0 Å². The zero-order chi connectivity index (χ0) is 8.72. The van der Waals surface area contributed by atoms with Gasteiger partial charge in [0.2, 0.25) is 0 Å². The lowest BCUT2D eigenvalue weighted by atomic mass is 10.0. The van der Waals surface area contributed by atoms with Crippen LogP contribution in [0.3, 0.4) is 0 Å². The second-order valence-electron chi connectivity index (χ2n) is 3.36. The predicted molar refractivity (Wildman–Crippen MR) is 53.5 cm³/mol. The molecule has 0 atom stereocenters. The number of aryl methyl sites for hydroxylation is 2. The molecule has 0 amide bonds. The van der Waals surface area contributed by atoms with Gasteiger partial charge < -0.3 is 0 Å². The number of rotatable bonds is 0. The number of allylic oxidation sites excluding steroid dienone is 1. The molecule has 0 aliphatic heterocycles. The van der Waals surface area contributed by atoms with E-state index in [2.05, 4.69) is 32.1 Å². The van der Waals surface area contributed by atoms with E-state index in [0.717, 1.165) is 11.5 Å². The standard InChI is InChI=1S/C11H11Cl/c1-7-5-8(2)9-3-4-11(12)10(9)6-7/h4-6H,3H2,1-2H3. The first-order valence-electron chi connectivity index (χ1n) is 4.14. The van der Waals surface area contributed by atoms with Crippen molar-refractivity contribution in [2.45, 2.75) is 20.3 Å². The maximum absolute atomic E-state index is 6.05. The molecule has 0 nitrogen and oxygen atoms in total. The van der Waals surface area contributed by atoms with Crippen LogP contribution in [0.4, 0.5) is 0 Å². The highest BCUT2D eigenvalue weighted by atomic mass is 35.5. The molecule has 0 radical (unpaired) electrons. The third-order valence-electron chi connectivity index (χ3n) is 2.36. The first kappa shape index (κ1) is 7.88. The molecule has 2 rings (SSSR count). The molecule has 0 unspecified atom stereocenters. The summed E-state index contributed by atoms with van der Waals surface area (Å²) in [6, 6.07) is 4.37. The van der Waals surface area contributed by atoms with Gasteiger partial charge >= 0.3 is 0 Å². The molecule has 1 heteroatoms. The van der Waals surface area contributed by atoms with Crippen molar-refractivity contribution in [3.8, 4) is 0 Å². The second-order valence-corrected chi connectivity index (χ2v) is 3.77. The molecule has 0 aromatic heterocycles. The lowest BCUT2D eigenvalue weighted by Gasteiger charge is -2.05. The molecular weight excluding hydrogens is 168 g/mol. The minimum Gasteiger partial charge on any atom is -0.0840 e. The Bertz CT molecular complexity index is 362. The van der Waals surface area contributed by atoms with Crippen LogP contribution >= 0.6 is 11.6 Å². The van der Waals surface area contributed by atoms with Gasteiger partial charge in [-0.05, 0) is 37.0 Å². The Morgan fingerprint density at radius 2 is 2.00 bits per heavy atom. The number of benzene rings is 1. The van der Waals surface area contributed by atoms with E-state index in [1.807, 2.05) is 0 Å². The molecule has 1 aliphatic carbocycles. The molecule has 0 N–H and O–H groups in total. The van der Waals surface area contributed by atoms with Crippen molar-refractivity contribution in [3.05, 3.63) is 40.5 Å². The van der Waals surface area contributed by atoms with Gasteiger partial charge in [-0.1, -0.05) is 35.4 Å². The Hall–Kier alpha value is -0.750. The lowest BCUT2D eigenvalue weighted by molar-refractivity contribution is 1.22. The first-order valence-corrected chi connectivity index (χ1v) is 4.52. The van der Waals surface area contributed by atoms with Crippen LogP contribution in [0.2, 0.25) is 0 Å². The fourth-order valence-corrected chi connectivity index (χ4v) is 2.03. The summed E-state index contributed by atoms with van der Waals surface area (Å²) in [7, 11) is 0. The van der Waals surface area contributed by atoms with Gasteiger partial charge in [-0.2, -0.15) is 0 Å². The Morgan fingerprint density at radius 1 is 1.25 bits per heavy atom. The maximum atomic E-state index is 6.05. The minimum atomic E-state index is 0.914. The Balaban J connectivity index is 2.67. The molecule has 1 aromatic carbocycles. The zero-order valence-corrected chi connectivity index (χ0v) is 8.07. The van der Waals surface area contributed by atoms with Crippen LogP contribution < -0.4 is 0 Å². The average molecular weight is 179 g/mol. The quantitative estimate of drug-likeness (QED) is 0.571. The molecule has 0 heterocycles. The summed E-state index contributed by atoms with van der Waals surface area (Å²) in [6.45, 7) is 4.25. The van der Waals surface area contributed by atoms with Crippen molar-refractivity contribution < 1.29 is 0 Å². The van der Waals surface area contributed by atoms with E-state index in [-0.39, 0.29) is 0 Å². The van der Waals surface area contributed by atoms with Gasteiger partial charge in [-0.3, -0.25) is 0 Å². The summed E-state index contributed by atoms with van der Waals surface area (Å²) in [5, 5.41) is 0.914. The highest BCUT2D eigenvalue weighted by molar-refractivity contribution is 6.49. The zero-order valence-electron chi connectivity index (χ0n) is 7.32. The van der Waals surface area contributed by atoms with E-state index >= 15 is 0 Å². The summed E-state index contributed by atoms with van der Waals surface area (Å²) in [5.74, 6) is 0. The normalized spacial score (nSPS) is 14.4. The number of hydrogen-bond donors (Lipinski definition) is 0. The van der Waals surface area contributed by atoms with E-state index in [9.17, 15) is 0 Å². The first-order chi connectivity index (χ1) is 5.68. The summed E-state index contributed by atoms with van der Waals surface area (Å²) in [4.78, 5) is 0. The van der Waals surface area contributed by atoms with Gasteiger partial charge in [0, 0.05) is 5.03 Å². The SMILES string of the molecule is Cc1cc(C)c2c(c1)C(Cl)=CC2. The van der Waals surface area contributed by atoms with Crippen LogP contribution in [-0.4, -0.2) is 0 Å². The molecule has 1 aliphatic rings. The van der Waals surface area contributed by atoms with Crippen LogP contribution in [-0.2, 0) is 6.42 Å². The largest absolute Gasteiger partial charge is 0.0840 e. The maximum Gasteiger partial charge on any atom is 0.0444 e. The average Bonchev–Trinajstić information content (AvgIpc) is 2.33. The van der Waals surface area contributed by atoms with Gasteiger partial charge in [0.05, 0.1) is 0 Å². The Morgan fingerprint density at radius 3 is 2.75 bits per heavy atom. The lowest BCUT2D eigenvalue weighted by Crippen LogP contribution is -1.89. The molecule has 62 valence electrons. The van der Waals surface area contributed by atoms with Gasteiger partial charge in [0.15, 0.2) is 0 Å². The summed E-state index contributed by atoms with van der Waals surface area (Å²) >= 11 is 6.05. The molecular formula is C11H11Cl. The molecule has 1 aromatic rings. The third kappa shape index (κ3) is 1.07. The molecule has 0 fully saturated rings. The molecule has 0 spiro atoms. The fourth-order valence-electron chi connectivity index (χ4n) is 1.78. The smallest absolute Gasteiger partial charge is 0.0444 e. The van der Waals surface area contributed by atoms with Gasteiger partial charge in [-0.25, -0.2) is 0 Å². The van der Waals surface area contributed by atoms with Gasteiger partial charge in [0.1, 0.15) is 0 Å².